The zero-order chi connectivity index (χ0) is 30.5. The molecule has 3 aromatic rings. The number of likely N-dealkylation sites (N-methyl/N-ethyl adjacent to an activating group) is 1. The Morgan fingerprint density at radius 3 is 2.45 bits per heavy atom. The van der Waals surface area contributed by atoms with Crippen molar-refractivity contribution in [3.63, 3.8) is 0 Å². The van der Waals surface area contributed by atoms with Crippen molar-refractivity contribution in [2.75, 3.05) is 40.9 Å². The van der Waals surface area contributed by atoms with Gasteiger partial charge in [0.25, 0.3) is 5.69 Å². The third-order valence-corrected chi connectivity index (χ3v) is 8.06. The molecule has 1 aliphatic rings. The van der Waals surface area contributed by atoms with E-state index in [2.05, 4.69) is 35.9 Å². The molecule has 1 heterocycles. The molecule has 1 aliphatic carbocycles. The van der Waals surface area contributed by atoms with Crippen molar-refractivity contribution in [1.82, 2.24) is 14.2 Å². The van der Waals surface area contributed by atoms with Crippen LogP contribution in [0.25, 0.3) is 11.3 Å². The van der Waals surface area contributed by atoms with Gasteiger partial charge in [0.15, 0.2) is 11.5 Å². The van der Waals surface area contributed by atoms with E-state index in [9.17, 15) is 14.9 Å². The highest BCUT2D eigenvalue weighted by Crippen LogP contribution is 2.46. The predicted octanol–water partition coefficient (Wildman–Crippen LogP) is 7.00. The topological polar surface area (TPSA) is 98.0 Å². The van der Waals surface area contributed by atoms with Crippen LogP contribution in [0.1, 0.15) is 56.6 Å². The third kappa shape index (κ3) is 9.01. The first-order valence-electron chi connectivity index (χ1n) is 14.3. The smallest absolute Gasteiger partial charge is 0.284 e. The summed E-state index contributed by atoms with van der Waals surface area (Å²) in [5.41, 5.74) is 4.19. The number of pyridine rings is 1. The van der Waals surface area contributed by atoms with Crippen molar-refractivity contribution in [2.45, 2.75) is 56.9 Å². The second kappa shape index (κ2) is 16.8. The summed E-state index contributed by atoms with van der Waals surface area (Å²) in [5.74, 6) is 2.00. The monoisotopic (exact) mass is 594 g/mol. The highest BCUT2D eigenvalue weighted by molar-refractivity contribution is 7.97. The summed E-state index contributed by atoms with van der Waals surface area (Å²) < 4.78 is 13.2. The summed E-state index contributed by atoms with van der Waals surface area (Å²) >= 11 is 1.23. The van der Waals surface area contributed by atoms with Gasteiger partial charge in [-0.2, -0.15) is 0 Å². The number of carbonyl (C=O) groups excluding carboxylic acids is 1. The van der Waals surface area contributed by atoms with Crippen molar-refractivity contribution in [3.8, 4) is 22.8 Å². The van der Waals surface area contributed by atoms with E-state index in [-0.39, 0.29) is 12.2 Å². The lowest BCUT2D eigenvalue weighted by Gasteiger charge is -2.28. The van der Waals surface area contributed by atoms with Crippen molar-refractivity contribution in [3.05, 3.63) is 76.0 Å². The quantitative estimate of drug-likeness (QED) is 0.0846. The van der Waals surface area contributed by atoms with E-state index in [1.54, 1.807) is 32.4 Å². The molecule has 10 heteroatoms. The molecular formula is C32H42N4O5S. The summed E-state index contributed by atoms with van der Waals surface area (Å²) in [4.78, 5) is 29.6. The van der Waals surface area contributed by atoms with E-state index in [1.807, 2.05) is 29.7 Å². The highest BCUT2D eigenvalue weighted by atomic mass is 32.2. The van der Waals surface area contributed by atoms with Crippen molar-refractivity contribution < 1.29 is 19.2 Å². The van der Waals surface area contributed by atoms with Crippen LogP contribution in [0, 0.1) is 10.1 Å². The molecule has 9 nitrogen and oxygen atoms in total. The average molecular weight is 595 g/mol. The van der Waals surface area contributed by atoms with Gasteiger partial charge < -0.3 is 19.2 Å². The fraction of sp³-hybridized carbons (Fsp3) is 0.438. The van der Waals surface area contributed by atoms with Gasteiger partial charge in [-0.05, 0) is 73.7 Å². The number of hydrogen-bond acceptors (Lipinski definition) is 9. The first-order valence-corrected chi connectivity index (χ1v) is 15.1. The number of aldehydes is 1. The largest absolute Gasteiger partial charge is 0.493 e. The number of nitrogens with zero attached hydrogens (tertiary/aromatic N) is 4. The summed E-state index contributed by atoms with van der Waals surface area (Å²) in [6, 6.07) is 14.8. The molecule has 0 amide bonds. The lowest BCUT2D eigenvalue weighted by atomic mass is 9.79. The third-order valence-electron chi connectivity index (χ3n) is 6.92. The maximum absolute atomic E-state index is 11.4. The van der Waals surface area contributed by atoms with E-state index in [0.717, 1.165) is 41.7 Å². The first kappa shape index (κ1) is 33.0. The fourth-order valence-corrected chi connectivity index (χ4v) is 5.61. The number of nitro benzene ring substituents is 1. The van der Waals surface area contributed by atoms with Gasteiger partial charge in [0.05, 0.1) is 31.4 Å². The second-order valence-electron chi connectivity index (χ2n) is 10.3. The van der Waals surface area contributed by atoms with Crippen LogP contribution in [0.4, 0.5) is 5.69 Å². The first-order chi connectivity index (χ1) is 20.3. The van der Waals surface area contributed by atoms with Crippen LogP contribution >= 0.6 is 11.9 Å². The van der Waals surface area contributed by atoms with Crippen LogP contribution in [0.2, 0.25) is 0 Å². The van der Waals surface area contributed by atoms with Gasteiger partial charge in [-0.15, -0.1) is 0 Å². The lowest BCUT2D eigenvalue weighted by Crippen LogP contribution is -2.30. The molecule has 4 rings (SSSR count). The molecule has 0 aliphatic heterocycles. The Bertz CT molecular complexity index is 1320. The zero-order valence-corrected chi connectivity index (χ0v) is 26.1. The predicted molar refractivity (Wildman–Crippen MR) is 168 cm³/mol. The van der Waals surface area contributed by atoms with Crippen LogP contribution in [-0.2, 0) is 11.3 Å². The minimum absolute atomic E-state index is 0.0340. The number of aromatic nitrogens is 1. The van der Waals surface area contributed by atoms with Gasteiger partial charge in [0, 0.05) is 43.0 Å². The standard InChI is InChI=1S/C29H34N4O5S.C3H8/c1-31(13-14-32(15-16-34)39-28-10-5-4-9-26(28)33(35)36)20-21-11-12-30-25(17-21)23-18-24(22-7-6-8-22)29(38-3)27(19-23)37-2;1-3-2/h4-5,9-12,16-19,22H,6-8,13-15,20H2,1-3H3;3H2,1-2H3. The van der Waals surface area contributed by atoms with E-state index < -0.39 is 4.92 Å². The Labute approximate surface area is 253 Å². The lowest BCUT2D eigenvalue weighted by molar-refractivity contribution is -0.387. The molecule has 0 N–H and O–H groups in total. The number of rotatable bonds is 14. The van der Waals surface area contributed by atoms with Crippen LogP contribution in [0.5, 0.6) is 11.5 Å². The highest BCUT2D eigenvalue weighted by Gasteiger charge is 2.26. The van der Waals surface area contributed by atoms with Crippen molar-refractivity contribution in [2.24, 2.45) is 0 Å². The average Bonchev–Trinajstić information content (AvgIpc) is 2.95. The van der Waals surface area contributed by atoms with Gasteiger partial charge in [-0.3, -0.25) is 15.1 Å². The molecule has 2 aromatic carbocycles. The minimum atomic E-state index is -0.401. The Kier molecular flexibility index (Phi) is 13.2. The van der Waals surface area contributed by atoms with Gasteiger partial charge in [-0.1, -0.05) is 38.8 Å². The summed E-state index contributed by atoms with van der Waals surface area (Å²) in [6.45, 7) is 6.33. The Morgan fingerprint density at radius 2 is 1.83 bits per heavy atom. The maximum atomic E-state index is 11.4. The van der Waals surface area contributed by atoms with E-state index >= 15 is 0 Å². The van der Waals surface area contributed by atoms with E-state index in [4.69, 9.17) is 9.47 Å². The van der Waals surface area contributed by atoms with Crippen molar-refractivity contribution >= 4 is 23.9 Å². The molecule has 0 unspecified atom stereocenters. The van der Waals surface area contributed by atoms with Crippen LogP contribution < -0.4 is 9.47 Å². The Hall–Kier alpha value is -3.47. The number of hydrogen-bond donors (Lipinski definition) is 0. The molecule has 0 radical (unpaired) electrons. The van der Waals surface area contributed by atoms with Gasteiger partial charge in [0.2, 0.25) is 0 Å². The molecule has 1 aromatic heterocycles. The Balaban J connectivity index is 0.00000155. The summed E-state index contributed by atoms with van der Waals surface area (Å²) in [5, 5.41) is 11.4. The van der Waals surface area contributed by atoms with Gasteiger partial charge in [0.1, 0.15) is 11.2 Å². The maximum Gasteiger partial charge on any atom is 0.284 e. The second-order valence-corrected chi connectivity index (χ2v) is 11.4. The molecule has 0 spiro atoms. The zero-order valence-electron chi connectivity index (χ0n) is 25.2. The molecule has 1 fully saturated rings. The number of methoxy groups -OCH3 is 2. The number of nitro groups is 1. The molecule has 1 saturated carbocycles. The molecular weight excluding hydrogens is 552 g/mol. The Morgan fingerprint density at radius 1 is 1.10 bits per heavy atom. The molecule has 42 heavy (non-hydrogen) atoms. The molecule has 0 saturated heterocycles. The summed E-state index contributed by atoms with van der Waals surface area (Å²) in [7, 11) is 5.36. The fourth-order valence-electron chi connectivity index (χ4n) is 4.65. The normalized spacial score (nSPS) is 12.8. The van der Waals surface area contributed by atoms with Gasteiger partial charge >= 0.3 is 0 Å². The molecule has 0 atom stereocenters. The molecule has 0 bridgehead atoms. The van der Waals surface area contributed by atoms with Crippen molar-refractivity contribution in [1.29, 1.82) is 0 Å². The van der Waals surface area contributed by atoms with E-state index in [1.165, 1.54) is 36.4 Å². The van der Waals surface area contributed by atoms with Crippen LogP contribution in [0.15, 0.2) is 59.6 Å². The molecule has 226 valence electrons. The minimum Gasteiger partial charge on any atom is -0.493 e. The van der Waals surface area contributed by atoms with E-state index in [0.29, 0.717) is 36.2 Å². The number of carbonyl (C=O) groups is 1. The summed E-state index contributed by atoms with van der Waals surface area (Å²) in [6.07, 6.45) is 7.42. The number of para-hydroxylation sites is 1. The number of benzene rings is 2. The van der Waals surface area contributed by atoms with Crippen LogP contribution in [0.3, 0.4) is 0 Å². The van der Waals surface area contributed by atoms with Crippen LogP contribution in [-0.4, -0.2) is 66.3 Å². The number of ether oxygens (including phenoxy) is 2. The SMILES string of the molecule is CCC.COc1cc(-c2cc(CN(C)CCN(CC=O)Sc3ccccc3[N+](=O)[O-])ccn2)cc(C2CCC2)c1OC. The van der Waals surface area contributed by atoms with Gasteiger partial charge in [-0.25, -0.2) is 4.31 Å².